The first-order valence-corrected chi connectivity index (χ1v) is 7.96. The molecule has 1 heterocycles. The Bertz CT molecular complexity index is 550. The van der Waals surface area contributed by atoms with Gasteiger partial charge in [-0.3, -0.25) is 4.68 Å². The maximum absolute atomic E-state index is 5.32. The van der Waals surface area contributed by atoms with Gasteiger partial charge in [-0.1, -0.05) is 25.1 Å². The number of para-hydroxylation sites is 1. The summed E-state index contributed by atoms with van der Waals surface area (Å²) >= 11 is 0. The number of hydrogen-bond donors (Lipinski definition) is 1. The van der Waals surface area contributed by atoms with Crippen LogP contribution in [0.5, 0.6) is 0 Å². The molecule has 1 unspecified atom stereocenters. The minimum atomic E-state index is 0.403. The van der Waals surface area contributed by atoms with Crippen molar-refractivity contribution in [1.29, 1.82) is 0 Å². The van der Waals surface area contributed by atoms with E-state index in [1.165, 1.54) is 16.6 Å². The van der Waals surface area contributed by atoms with Crippen molar-refractivity contribution in [3.63, 3.8) is 0 Å². The van der Waals surface area contributed by atoms with Gasteiger partial charge in [0.2, 0.25) is 0 Å². The Morgan fingerprint density at radius 1 is 1.29 bits per heavy atom. The van der Waals surface area contributed by atoms with Gasteiger partial charge in [-0.25, -0.2) is 0 Å². The van der Waals surface area contributed by atoms with Crippen LogP contribution in [-0.2, 0) is 17.7 Å². The summed E-state index contributed by atoms with van der Waals surface area (Å²) in [5.74, 6) is 0. The summed E-state index contributed by atoms with van der Waals surface area (Å²) in [6.07, 6.45) is 3.18. The van der Waals surface area contributed by atoms with E-state index >= 15 is 0 Å². The van der Waals surface area contributed by atoms with E-state index in [0.29, 0.717) is 6.04 Å². The molecule has 0 spiro atoms. The fourth-order valence-corrected chi connectivity index (χ4v) is 2.73. The second-order valence-electron chi connectivity index (χ2n) is 5.42. The van der Waals surface area contributed by atoms with Crippen LogP contribution in [-0.4, -0.2) is 36.1 Å². The summed E-state index contributed by atoms with van der Waals surface area (Å²) in [5.41, 5.74) is 2.44. The van der Waals surface area contributed by atoms with Crippen LogP contribution in [0.3, 0.4) is 0 Å². The summed E-state index contributed by atoms with van der Waals surface area (Å²) in [7, 11) is 1.77. The molecule has 2 aromatic rings. The molecule has 1 N–H and O–H groups in total. The third-order valence-electron chi connectivity index (χ3n) is 3.81. The van der Waals surface area contributed by atoms with E-state index in [1.807, 2.05) is 0 Å². The Balaban J connectivity index is 2.08. The van der Waals surface area contributed by atoms with Gasteiger partial charge in [0.1, 0.15) is 0 Å². The number of nitrogens with one attached hydrogen (secondary N) is 1. The summed E-state index contributed by atoms with van der Waals surface area (Å²) < 4.78 is 7.41. The van der Waals surface area contributed by atoms with Crippen molar-refractivity contribution in [3.8, 4) is 0 Å². The number of methoxy groups -OCH3 is 1. The summed E-state index contributed by atoms with van der Waals surface area (Å²) in [6.45, 7) is 7.04. The number of nitrogens with zero attached hydrogens (tertiary/aromatic N) is 2. The molecule has 0 saturated carbocycles. The summed E-state index contributed by atoms with van der Waals surface area (Å²) in [6, 6.07) is 8.90. The van der Waals surface area contributed by atoms with Crippen LogP contribution in [0, 0.1) is 0 Å². The molecule has 2 rings (SSSR count). The summed E-state index contributed by atoms with van der Waals surface area (Å²) in [5, 5.41) is 9.60. The third-order valence-corrected chi connectivity index (χ3v) is 3.81. The first-order valence-electron chi connectivity index (χ1n) is 7.96. The van der Waals surface area contributed by atoms with Gasteiger partial charge in [0.25, 0.3) is 0 Å². The van der Waals surface area contributed by atoms with Crippen molar-refractivity contribution in [3.05, 3.63) is 30.0 Å². The lowest BCUT2D eigenvalue weighted by Gasteiger charge is -2.16. The highest BCUT2D eigenvalue weighted by Crippen LogP contribution is 2.20. The lowest BCUT2D eigenvalue weighted by Crippen LogP contribution is -2.34. The topological polar surface area (TPSA) is 39.1 Å². The van der Waals surface area contributed by atoms with Gasteiger partial charge < -0.3 is 10.1 Å². The predicted octanol–water partition coefficient (Wildman–Crippen LogP) is 3.00. The van der Waals surface area contributed by atoms with Gasteiger partial charge in [-0.05, 0) is 38.8 Å². The van der Waals surface area contributed by atoms with Crippen molar-refractivity contribution in [2.45, 2.75) is 45.7 Å². The van der Waals surface area contributed by atoms with Crippen molar-refractivity contribution < 1.29 is 4.74 Å². The molecule has 0 radical (unpaired) electrons. The lowest BCUT2D eigenvalue weighted by atomic mass is 10.1. The SMILES string of the molecule is CCCNC(CCc1nn(CC)c2ccccc12)COC. The molecule has 0 fully saturated rings. The van der Waals surface area contributed by atoms with Gasteiger partial charge in [0.15, 0.2) is 0 Å². The number of aryl methyl sites for hydroxylation is 2. The molecule has 0 aliphatic rings. The number of ether oxygens (including phenoxy) is 1. The number of aromatic nitrogens is 2. The average Bonchev–Trinajstić information content (AvgIpc) is 2.88. The molecule has 1 aromatic carbocycles. The van der Waals surface area contributed by atoms with Crippen LogP contribution >= 0.6 is 0 Å². The van der Waals surface area contributed by atoms with E-state index in [2.05, 4.69) is 48.1 Å². The zero-order chi connectivity index (χ0) is 15.1. The van der Waals surface area contributed by atoms with E-state index in [-0.39, 0.29) is 0 Å². The highest BCUT2D eigenvalue weighted by Gasteiger charge is 2.12. The maximum Gasteiger partial charge on any atom is 0.0703 e. The molecule has 0 aliphatic heterocycles. The van der Waals surface area contributed by atoms with Crippen molar-refractivity contribution in [2.75, 3.05) is 20.3 Å². The molecule has 0 saturated heterocycles. The minimum absolute atomic E-state index is 0.403. The van der Waals surface area contributed by atoms with Gasteiger partial charge in [-0.2, -0.15) is 5.10 Å². The van der Waals surface area contributed by atoms with Crippen LogP contribution in [0.25, 0.3) is 10.9 Å². The van der Waals surface area contributed by atoms with Crippen molar-refractivity contribution >= 4 is 10.9 Å². The number of hydrogen-bond acceptors (Lipinski definition) is 3. The lowest BCUT2D eigenvalue weighted by molar-refractivity contribution is 0.162. The second-order valence-corrected chi connectivity index (χ2v) is 5.42. The normalized spacial score (nSPS) is 12.9. The fraction of sp³-hybridized carbons (Fsp3) is 0.588. The predicted molar refractivity (Wildman–Crippen MR) is 87.7 cm³/mol. The van der Waals surface area contributed by atoms with Gasteiger partial charge >= 0.3 is 0 Å². The first-order chi connectivity index (χ1) is 10.3. The highest BCUT2D eigenvalue weighted by molar-refractivity contribution is 5.81. The average molecular weight is 289 g/mol. The Hall–Kier alpha value is -1.39. The Morgan fingerprint density at radius 3 is 2.81 bits per heavy atom. The molecule has 116 valence electrons. The molecule has 4 nitrogen and oxygen atoms in total. The van der Waals surface area contributed by atoms with Crippen LogP contribution in [0.4, 0.5) is 0 Å². The van der Waals surface area contributed by atoms with E-state index in [0.717, 1.165) is 39.0 Å². The summed E-state index contributed by atoms with van der Waals surface area (Å²) in [4.78, 5) is 0. The molecule has 4 heteroatoms. The molecule has 1 aromatic heterocycles. The molecular formula is C17H27N3O. The highest BCUT2D eigenvalue weighted by atomic mass is 16.5. The quantitative estimate of drug-likeness (QED) is 0.771. The van der Waals surface area contributed by atoms with Crippen LogP contribution < -0.4 is 5.32 Å². The monoisotopic (exact) mass is 289 g/mol. The fourth-order valence-electron chi connectivity index (χ4n) is 2.73. The van der Waals surface area contributed by atoms with Gasteiger partial charge in [0.05, 0.1) is 17.8 Å². The number of benzene rings is 1. The number of fused-ring (bicyclic) bond motifs is 1. The van der Waals surface area contributed by atoms with Crippen LogP contribution in [0.15, 0.2) is 24.3 Å². The Kier molecular flexibility index (Phi) is 6.21. The van der Waals surface area contributed by atoms with Crippen LogP contribution in [0.1, 0.15) is 32.4 Å². The molecule has 21 heavy (non-hydrogen) atoms. The standard InChI is InChI=1S/C17H27N3O/c1-4-12-18-14(13-21-3)10-11-16-15-8-6-7-9-17(15)20(5-2)19-16/h6-9,14,18H,4-5,10-13H2,1-3H3. The largest absolute Gasteiger partial charge is 0.383 e. The van der Waals surface area contributed by atoms with Crippen LogP contribution in [0.2, 0.25) is 0 Å². The maximum atomic E-state index is 5.32. The molecule has 0 aliphatic carbocycles. The zero-order valence-electron chi connectivity index (χ0n) is 13.4. The Morgan fingerprint density at radius 2 is 2.10 bits per heavy atom. The molecule has 1 atom stereocenters. The minimum Gasteiger partial charge on any atom is -0.383 e. The first kappa shape index (κ1) is 16.0. The van der Waals surface area contributed by atoms with Gasteiger partial charge in [0, 0.05) is 25.1 Å². The third kappa shape index (κ3) is 4.05. The Labute approximate surface area is 127 Å². The van der Waals surface area contributed by atoms with E-state index < -0.39 is 0 Å². The van der Waals surface area contributed by atoms with Crippen molar-refractivity contribution in [2.24, 2.45) is 0 Å². The molecule has 0 bridgehead atoms. The van der Waals surface area contributed by atoms with Crippen molar-refractivity contribution in [1.82, 2.24) is 15.1 Å². The van der Waals surface area contributed by atoms with E-state index in [9.17, 15) is 0 Å². The van der Waals surface area contributed by atoms with Gasteiger partial charge in [-0.15, -0.1) is 0 Å². The smallest absolute Gasteiger partial charge is 0.0703 e. The molecular weight excluding hydrogens is 262 g/mol. The number of rotatable bonds is 9. The second kappa shape index (κ2) is 8.15. The molecule has 0 amide bonds. The van der Waals surface area contributed by atoms with E-state index in [1.54, 1.807) is 7.11 Å². The van der Waals surface area contributed by atoms with E-state index in [4.69, 9.17) is 9.84 Å². The zero-order valence-corrected chi connectivity index (χ0v) is 13.4.